The van der Waals surface area contributed by atoms with Crippen molar-refractivity contribution in [2.45, 2.75) is 10.8 Å². The minimum Gasteiger partial charge on any atom is -0.269 e. The molecule has 7 heteroatoms. The Kier molecular flexibility index (Phi) is 4.76. The summed E-state index contributed by atoms with van der Waals surface area (Å²) in [7, 11) is -2.71. The van der Waals surface area contributed by atoms with E-state index in [-0.39, 0.29) is 16.5 Å². The van der Waals surface area contributed by atoms with Gasteiger partial charge in [0.25, 0.3) is 10.0 Å². The topological polar surface area (TPSA) is 37.4 Å². The van der Waals surface area contributed by atoms with Crippen molar-refractivity contribution < 1.29 is 12.8 Å². The first-order valence-electron chi connectivity index (χ1n) is 5.96. The van der Waals surface area contributed by atoms with Crippen LogP contribution in [0.4, 0.5) is 10.1 Å². The lowest BCUT2D eigenvalue weighted by atomic mass is 10.2. The molecular formula is C14H12Cl2FNO2S. The van der Waals surface area contributed by atoms with Crippen molar-refractivity contribution in [3.05, 3.63) is 58.9 Å². The molecule has 0 heterocycles. The second kappa shape index (κ2) is 6.22. The van der Waals surface area contributed by atoms with E-state index in [4.69, 9.17) is 23.2 Å². The number of anilines is 1. The lowest BCUT2D eigenvalue weighted by Gasteiger charge is -2.20. The molecule has 0 spiro atoms. The molecule has 0 amide bonds. The molecule has 0 saturated heterocycles. The van der Waals surface area contributed by atoms with Crippen molar-refractivity contribution >= 4 is 38.9 Å². The smallest absolute Gasteiger partial charge is 0.267 e. The maximum atomic E-state index is 14.3. The van der Waals surface area contributed by atoms with Gasteiger partial charge in [-0.3, -0.25) is 4.31 Å². The van der Waals surface area contributed by atoms with Crippen LogP contribution in [0, 0.1) is 5.82 Å². The summed E-state index contributed by atoms with van der Waals surface area (Å²) >= 11 is 11.5. The lowest BCUT2D eigenvalue weighted by molar-refractivity contribution is 0.560. The predicted molar refractivity (Wildman–Crippen MR) is 83.0 cm³/mol. The van der Waals surface area contributed by atoms with Crippen molar-refractivity contribution in [3.8, 4) is 0 Å². The van der Waals surface area contributed by atoms with E-state index >= 15 is 0 Å². The van der Waals surface area contributed by atoms with Gasteiger partial charge in [-0.25, -0.2) is 12.8 Å². The number of alkyl halides is 1. The molecule has 0 fully saturated rings. The molecule has 0 atom stereocenters. The predicted octanol–water partition coefficient (Wildman–Crippen LogP) is 4.04. The van der Waals surface area contributed by atoms with Crippen LogP contribution in [0.2, 0.25) is 5.02 Å². The summed E-state index contributed by atoms with van der Waals surface area (Å²) in [6.45, 7) is 0. The van der Waals surface area contributed by atoms with Crippen LogP contribution in [-0.2, 0) is 15.9 Å². The van der Waals surface area contributed by atoms with Crippen molar-refractivity contribution in [2.24, 2.45) is 0 Å². The fourth-order valence-corrected chi connectivity index (χ4v) is 3.66. The van der Waals surface area contributed by atoms with Crippen LogP contribution in [0.1, 0.15) is 5.56 Å². The van der Waals surface area contributed by atoms with E-state index < -0.39 is 20.7 Å². The molecule has 0 aliphatic carbocycles. The van der Waals surface area contributed by atoms with Crippen molar-refractivity contribution in [1.29, 1.82) is 0 Å². The number of rotatable bonds is 4. The Labute approximate surface area is 133 Å². The van der Waals surface area contributed by atoms with Gasteiger partial charge in [0.2, 0.25) is 0 Å². The number of para-hydroxylation sites is 1. The number of benzene rings is 2. The standard InChI is InChI=1S/C14H12Cl2FNO2S/c1-18(12-5-3-2-4-6-12)21(19,20)13-8-11(16)7-10(9-15)14(13)17/h2-8H,9H2,1H3. The van der Waals surface area contributed by atoms with Gasteiger partial charge in [0, 0.05) is 17.6 Å². The quantitative estimate of drug-likeness (QED) is 0.782. The van der Waals surface area contributed by atoms with Crippen LogP contribution in [-0.4, -0.2) is 15.5 Å². The SMILES string of the molecule is CN(c1ccccc1)S(=O)(=O)c1cc(Cl)cc(CCl)c1F. The molecule has 0 bridgehead atoms. The van der Waals surface area contributed by atoms with Gasteiger partial charge in [-0.15, -0.1) is 11.6 Å². The van der Waals surface area contributed by atoms with Crippen LogP contribution in [0.5, 0.6) is 0 Å². The zero-order valence-electron chi connectivity index (χ0n) is 11.1. The Morgan fingerprint density at radius 1 is 1.19 bits per heavy atom. The first kappa shape index (κ1) is 16.1. The molecule has 112 valence electrons. The van der Waals surface area contributed by atoms with Gasteiger partial charge in [-0.1, -0.05) is 29.8 Å². The van der Waals surface area contributed by atoms with Gasteiger partial charge in [0.05, 0.1) is 11.6 Å². The van der Waals surface area contributed by atoms with E-state index in [2.05, 4.69) is 0 Å². The summed E-state index contributed by atoms with van der Waals surface area (Å²) < 4.78 is 40.4. The number of hydrogen-bond donors (Lipinski definition) is 0. The van der Waals surface area contributed by atoms with Crippen LogP contribution < -0.4 is 4.31 Å². The first-order chi connectivity index (χ1) is 9.87. The van der Waals surface area contributed by atoms with Gasteiger partial charge >= 0.3 is 0 Å². The average Bonchev–Trinajstić information content (AvgIpc) is 2.49. The molecule has 0 aliphatic rings. The van der Waals surface area contributed by atoms with E-state index in [9.17, 15) is 12.8 Å². The Balaban J connectivity index is 2.57. The van der Waals surface area contributed by atoms with E-state index in [0.29, 0.717) is 5.69 Å². The third-order valence-electron chi connectivity index (χ3n) is 2.98. The molecule has 2 rings (SSSR count). The van der Waals surface area contributed by atoms with Crippen LogP contribution >= 0.6 is 23.2 Å². The number of nitrogens with zero attached hydrogens (tertiary/aromatic N) is 1. The molecule has 0 saturated carbocycles. The third-order valence-corrected chi connectivity index (χ3v) is 5.27. The van der Waals surface area contributed by atoms with Crippen molar-refractivity contribution in [1.82, 2.24) is 0 Å². The minimum atomic E-state index is -4.06. The molecule has 21 heavy (non-hydrogen) atoms. The van der Waals surface area contributed by atoms with Crippen LogP contribution in [0.25, 0.3) is 0 Å². The summed E-state index contributed by atoms with van der Waals surface area (Å²) in [4.78, 5) is -0.489. The van der Waals surface area contributed by atoms with Crippen molar-refractivity contribution in [2.75, 3.05) is 11.4 Å². The number of hydrogen-bond acceptors (Lipinski definition) is 2. The second-order valence-corrected chi connectivity index (χ2v) is 6.96. The Morgan fingerprint density at radius 2 is 1.81 bits per heavy atom. The fourth-order valence-electron chi connectivity index (χ4n) is 1.83. The molecule has 0 aromatic heterocycles. The summed E-state index contributed by atoms with van der Waals surface area (Å²) in [6.07, 6.45) is 0. The van der Waals surface area contributed by atoms with Gasteiger partial charge in [0.1, 0.15) is 10.7 Å². The van der Waals surface area contributed by atoms with E-state index in [0.717, 1.165) is 10.4 Å². The average molecular weight is 348 g/mol. The molecule has 0 aliphatic heterocycles. The highest BCUT2D eigenvalue weighted by Gasteiger charge is 2.27. The Morgan fingerprint density at radius 3 is 2.38 bits per heavy atom. The molecule has 2 aromatic carbocycles. The normalized spacial score (nSPS) is 11.4. The fraction of sp³-hybridized carbons (Fsp3) is 0.143. The van der Waals surface area contributed by atoms with Gasteiger partial charge in [0.15, 0.2) is 0 Å². The largest absolute Gasteiger partial charge is 0.269 e. The molecule has 2 aromatic rings. The summed E-state index contributed by atoms with van der Waals surface area (Å²) in [6, 6.07) is 10.8. The highest BCUT2D eigenvalue weighted by molar-refractivity contribution is 7.92. The highest BCUT2D eigenvalue weighted by Crippen LogP contribution is 2.29. The monoisotopic (exact) mass is 347 g/mol. The number of sulfonamides is 1. The van der Waals surface area contributed by atoms with Crippen LogP contribution in [0.3, 0.4) is 0 Å². The van der Waals surface area contributed by atoms with Gasteiger partial charge in [-0.2, -0.15) is 0 Å². The zero-order valence-corrected chi connectivity index (χ0v) is 13.4. The minimum absolute atomic E-state index is 0.0456. The van der Waals surface area contributed by atoms with E-state index in [1.165, 1.54) is 13.1 Å². The highest BCUT2D eigenvalue weighted by atomic mass is 35.5. The lowest BCUT2D eigenvalue weighted by Crippen LogP contribution is -2.27. The van der Waals surface area contributed by atoms with E-state index in [1.807, 2.05) is 0 Å². The summed E-state index contributed by atoms with van der Waals surface area (Å²) in [5, 5.41) is 0.118. The zero-order chi connectivity index (χ0) is 15.6. The summed E-state index contributed by atoms with van der Waals surface area (Å²) in [5.74, 6) is -1.04. The summed E-state index contributed by atoms with van der Waals surface area (Å²) in [5.41, 5.74) is 0.466. The van der Waals surface area contributed by atoms with E-state index in [1.54, 1.807) is 30.3 Å². The van der Waals surface area contributed by atoms with Crippen LogP contribution in [0.15, 0.2) is 47.4 Å². The second-order valence-electron chi connectivity index (χ2n) is 4.32. The van der Waals surface area contributed by atoms with Gasteiger partial charge in [-0.05, 0) is 24.3 Å². The Hall–Kier alpha value is -1.30. The third kappa shape index (κ3) is 3.15. The maximum Gasteiger partial charge on any atom is 0.267 e. The Bertz CT molecular complexity index is 751. The first-order valence-corrected chi connectivity index (χ1v) is 8.31. The van der Waals surface area contributed by atoms with Crippen molar-refractivity contribution in [3.63, 3.8) is 0 Å². The number of halogens is 3. The maximum absolute atomic E-state index is 14.3. The molecule has 0 unspecified atom stereocenters. The molecule has 0 radical (unpaired) electrons. The van der Waals surface area contributed by atoms with Gasteiger partial charge < -0.3 is 0 Å². The molecule has 0 N–H and O–H groups in total. The molecule has 3 nitrogen and oxygen atoms in total. The molecular weight excluding hydrogens is 336 g/mol.